The van der Waals surface area contributed by atoms with Gasteiger partial charge in [-0.05, 0) is 30.3 Å². The molecule has 118 valence electrons. The number of carbonyl (C=O) groups is 1. The fourth-order valence-electron chi connectivity index (χ4n) is 2.60. The van der Waals surface area contributed by atoms with Crippen LogP contribution in [0.25, 0.3) is 22.4 Å². The average molecular weight is 319 g/mol. The second kappa shape index (κ2) is 5.62. The molecule has 0 radical (unpaired) electrons. The van der Waals surface area contributed by atoms with Crippen molar-refractivity contribution in [3.05, 3.63) is 59.9 Å². The molecule has 0 aliphatic rings. The van der Waals surface area contributed by atoms with Gasteiger partial charge in [0, 0.05) is 22.2 Å². The Bertz CT molecular complexity index is 1020. The highest BCUT2D eigenvalue weighted by Gasteiger charge is 2.17. The van der Waals surface area contributed by atoms with Crippen LogP contribution < -0.4 is 5.32 Å². The number of hydrogen-bond acceptors (Lipinski definition) is 5. The summed E-state index contributed by atoms with van der Waals surface area (Å²) in [6.07, 6.45) is 0. The summed E-state index contributed by atoms with van der Waals surface area (Å²) in [5.41, 5.74) is 2.89. The van der Waals surface area contributed by atoms with Gasteiger partial charge < -0.3 is 9.73 Å². The molecule has 0 saturated carbocycles. The third-order valence-corrected chi connectivity index (χ3v) is 3.77. The van der Waals surface area contributed by atoms with E-state index < -0.39 is 0 Å². The van der Waals surface area contributed by atoms with Crippen LogP contribution in [0.2, 0.25) is 0 Å². The molecule has 7 nitrogen and oxygen atoms in total. The van der Waals surface area contributed by atoms with Crippen LogP contribution >= 0.6 is 0 Å². The van der Waals surface area contributed by atoms with Crippen molar-refractivity contribution in [2.24, 2.45) is 0 Å². The van der Waals surface area contributed by atoms with Crippen LogP contribution in [0.15, 0.2) is 52.9 Å². The summed E-state index contributed by atoms with van der Waals surface area (Å²) in [5.74, 6) is 0.473. The molecule has 2 aromatic heterocycles. The topological polar surface area (TPSA) is 96.7 Å². The summed E-state index contributed by atoms with van der Waals surface area (Å²) in [7, 11) is 0. The molecule has 1 amide bonds. The van der Waals surface area contributed by atoms with Crippen molar-refractivity contribution in [3.63, 3.8) is 0 Å². The number of nitrogens with one attached hydrogen (secondary N) is 2. The molecule has 0 spiro atoms. The second-order valence-electron chi connectivity index (χ2n) is 5.32. The Kier molecular flexibility index (Phi) is 3.31. The molecule has 0 fully saturated rings. The van der Waals surface area contributed by atoms with Gasteiger partial charge in [-0.2, -0.15) is 5.21 Å². The van der Waals surface area contributed by atoms with Gasteiger partial charge >= 0.3 is 0 Å². The third-order valence-electron chi connectivity index (χ3n) is 3.77. The average Bonchev–Trinajstić information content (AvgIpc) is 3.24. The number of fused-ring (bicyclic) bond motifs is 1. The highest BCUT2D eigenvalue weighted by Crippen LogP contribution is 2.26. The Hall–Kier alpha value is -3.48. The van der Waals surface area contributed by atoms with Gasteiger partial charge in [0.25, 0.3) is 5.91 Å². The highest BCUT2D eigenvalue weighted by atomic mass is 16.3. The number of nitrogens with zero attached hydrogens (tertiary/aromatic N) is 3. The Balaban J connectivity index is 1.64. The van der Waals surface area contributed by atoms with Crippen molar-refractivity contribution >= 4 is 22.6 Å². The molecule has 0 aliphatic carbocycles. The van der Waals surface area contributed by atoms with E-state index in [4.69, 9.17) is 4.42 Å². The second-order valence-corrected chi connectivity index (χ2v) is 5.32. The first-order chi connectivity index (χ1) is 11.7. The molecular weight excluding hydrogens is 306 g/mol. The maximum Gasteiger partial charge on any atom is 0.291 e. The van der Waals surface area contributed by atoms with Crippen molar-refractivity contribution < 1.29 is 9.21 Å². The number of hydrogen-bond donors (Lipinski definition) is 2. The molecular formula is C17H13N5O2. The number of H-pyrrole nitrogens is 1. The molecule has 7 heteroatoms. The fourth-order valence-corrected chi connectivity index (χ4v) is 2.60. The van der Waals surface area contributed by atoms with Crippen molar-refractivity contribution in [2.45, 2.75) is 6.92 Å². The number of tetrazole rings is 1. The minimum absolute atomic E-state index is 0.297. The maximum absolute atomic E-state index is 12.5. The molecule has 0 saturated heterocycles. The summed E-state index contributed by atoms with van der Waals surface area (Å²) in [6, 6.07) is 14.8. The van der Waals surface area contributed by atoms with Crippen LogP contribution in [0.5, 0.6) is 0 Å². The number of furan rings is 1. The van der Waals surface area contributed by atoms with Crippen LogP contribution in [0, 0.1) is 6.92 Å². The van der Waals surface area contributed by atoms with Gasteiger partial charge in [0.1, 0.15) is 5.58 Å². The number of carbonyl (C=O) groups excluding carboxylic acids is 1. The quantitative estimate of drug-likeness (QED) is 0.604. The molecule has 2 N–H and O–H groups in total. The van der Waals surface area contributed by atoms with E-state index in [9.17, 15) is 4.79 Å². The normalized spacial score (nSPS) is 10.9. The van der Waals surface area contributed by atoms with Gasteiger partial charge in [0.15, 0.2) is 5.76 Å². The Morgan fingerprint density at radius 1 is 1.17 bits per heavy atom. The Labute approximate surface area is 136 Å². The lowest BCUT2D eigenvalue weighted by Gasteiger charge is -2.05. The van der Waals surface area contributed by atoms with E-state index in [0.717, 1.165) is 16.5 Å². The van der Waals surface area contributed by atoms with Crippen LogP contribution in [-0.2, 0) is 0 Å². The molecule has 0 aliphatic heterocycles. The number of aryl methyl sites for hydroxylation is 1. The molecule has 4 rings (SSSR count). The van der Waals surface area contributed by atoms with E-state index in [1.54, 1.807) is 12.1 Å². The number of amides is 1. The van der Waals surface area contributed by atoms with Gasteiger partial charge in [0.05, 0.1) is 0 Å². The highest BCUT2D eigenvalue weighted by molar-refractivity contribution is 6.06. The van der Waals surface area contributed by atoms with E-state index in [-0.39, 0.29) is 5.91 Å². The van der Waals surface area contributed by atoms with Crippen molar-refractivity contribution in [2.75, 3.05) is 5.32 Å². The van der Waals surface area contributed by atoms with Gasteiger partial charge in [-0.3, -0.25) is 4.79 Å². The largest absolute Gasteiger partial charge is 0.451 e. The van der Waals surface area contributed by atoms with Gasteiger partial charge in [0.2, 0.25) is 5.82 Å². The van der Waals surface area contributed by atoms with Crippen LogP contribution in [-0.4, -0.2) is 26.5 Å². The summed E-state index contributed by atoms with van der Waals surface area (Å²) < 4.78 is 5.68. The fraction of sp³-hybridized carbons (Fsp3) is 0.0588. The minimum atomic E-state index is -0.297. The first kappa shape index (κ1) is 14.1. The molecule has 0 atom stereocenters. The zero-order valence-corrected chi connectivity index (χ0v) is 12.8. The molecule has 24 heavy (non-hydrogen) atoms. The number of benzene rings is 2. The zero-order chi connectivity index (χ0) is 16.5. The first-order valence-corrected chi connectivity index (χ1v) is 7.36. The van der Waals surface area contributed by atoms with Gasteiger partial charge in [-0.15, -0.1) is 10.2 Å². The monoisotopic (exact) mass is 319 g/mol. The standard InChI is InChI=1S/C17H13N5O2/c1-10-13-7-2-3-8-14(13)24-15(10)17(23)18-12-6-4-5-11(9-12)16-19-21-22-20-16/h2-9H,1H3,(H,18,23)(H,19,20,21,22). The Morgan fingerprint density at radius 2 is 2.04 bits per heavy atom. The van der Waals surface area contributed by atoms with Crippen molar-refractivity contribution in [3.8, 4) is 11.4 Å². The number of anilines is 1. The lowest BCUT2D eigenvalue weighted by atomic mass is 10.1. The molecule has 2 aromatic carbocycles. The first-order valence-electron chi connectivity index (χ1n) is 7.36. The smallest absolute Gasteiger partial charge is 0.291 e. The van der Waals surface area contributed by atoms with Crippen LogP contribution in [0.4, 0.5) is 5.69 Å². The summed E-state index contributed by atoms with van der Waals surface area (Å²) >= 11 is 0. The zero-order valence-electron chi connectivity index (χ0n) is 12.8. The van der Waals surface area contributed by atoms with E-state index in [1.807, 2.05) is 43.3 Å². The molecule has 4 aromatic rings. The van der Waals surface area contributed by atoms with Crippen LogP contribution in [0.1, 0.15) is 16.1 Å². The number of aromatic nitrogens is 4. The third kappa shape index (κ3) is 2.41. The van der Waals surface area contributed by atoms with Gasteiger partial charge in [-0.25, -0.2) is 0 Å². The van der Waals surface area contributed by atoms with Crippen molar-refractivity contribution in [1.82, 2.24) is 20.6 Å². The number of aromatic amines is 1. The lowest BCUT2D eigenvalue weighted by molar-refractivity contribution is 0.0998. The summed E-state index contributed by atoms with van der Waals surface area (Å²) in [5, 5.41) is 17.6. The number of para-hydroxylation sites is 1. The summed E-state index contributed by atoms with van der Waals surface area (Å²) in [4.78, 5) is 12.5. The van der Waals surface area contributed by atoms with E-state index in [1.165, 1.54) is 0 Å². The Morgan fingerprint density at radius 3 is 2.83 bits per heavy atom. The number of rotatable bonds is 3. The lowest BCUT2D eigenvalue weighted by Crippen LogP contribution is -2.12. The minimum Gasteiger partial charge on any atom is -0.451 e. The van der Waals surface area contributed by atoms with E-state index >= 15 is 0 Å². The van der Waals surface area contributed by atoms with Gasteiger partial charge in [-0.1, -0.05) is 30.3 Å². The molecule has 0 bridgehead atoms. The SMILES string of the molecule is Cc1c(C(=O)Nc2cccc(-c3nn[nH]n3)c2)oc2ccccc12. The predicted octanol–water partition coefficient (Wildman–Crippen LogP) is 3.17. The predicted molar refractivity (Wildman–Crippen MR) is 88.5 cm³/mol. The van der Waals surface area contributed by atoms with Crippen LogP contribution in [0.3, 0.4) is 0 Å². The summed E-state index contributed by atoms with van der Waals surface area (Å²) in [6.45, 7) is 1.87. The van der Waals surface area contributed by atoms with Crippen molar-refractivity contribution in [1.29, 1.82) is 0 Å². The molecule has 0 unspecified atom stereocenters. The van der Waals surface area contributed by atoms with E-state index in [2.05, 4.69) is 25.9 Å². The van der Waals surface area contributed by atoms with E-state index in [0.29, 0.717) is 22.9 Å². The molecule has 2 heterocycles. The maximum atomic E-state index is 12.5.